The maximum atomic E-state index is 5.21. The Bertz CT molecular complexity index is 344. The average molecular weight is 251 g/mol. The highest BCUT2D eigenvalue weighted by atomic mass is 16.5. The Balaban J connectivity index is 2.66. The second-order valence-electron chi connectivity index (χ2n) is 4.41. The van der Waals surface area contributed by atoms with Crippen LogP contribution in [0.3, 0.4) is 0 Å². The van der Waals surface area contributed by atoms with Crippen LogP contribution in [-0.4, -0.2) is 42.7 Å². The molecule has 18 heavy (non-hydrogen) atoms. The smallest absolute Gasteiger partial charge is 0.126 e. The van der Waals surface area contributed by atoms with E-state index < -0.39 is 0 Å². The molecule has 0 aliphatic heterocycles. The second-order valence-corrected chi connectivity index (χ2v) is 4.41. The van der Waals surface area contributed by atoms with Crippen molar-refractivity contribution in [1.29, 1.82) is 0 Å². The van der Waals surface area contributed by atoms with Crippen LogP contribution >= 0.6 is 0 Å². The molecule has 0 fully saturated rings. The number of nitrogens with zero attached hydrogens (tertiary/aromatic N) is 2. The molecule has 1 atom stereocenters. The molecular weight excluding hydrogens is 226 g/mol. The van der Waals surface area contributed by atoms with Gasteiger partial charge in [0.1, 0.15) is 5.82 Å². The van der Waals surface area contributed by atoms with Crippen LogP contribution < -0.4 is 5.32 Å². The number of pyridine rings is 1. The van der Waals surface area contributed by atoms with Gasteiger partial charge in [0.05, 0.1) is 12.3 Å². The van der Waals surface area contributed by atoms with Gasteiger partial charge in [-0.05, 0) is 32.5 Å². The number of methoxy groups -OCH3 is 1. The highest BCUT2D eigenvalue weighted by Crippen LogP contribution is 2.09. The standard InChI is InChI=1S/C14H25N3O/c1-5-15-14-9-7-8-13(16-14)10-17(6-2)12(3)11-18-4/h7-9,12H,5-6,10-11H2,1-4H3,(H,15,16). The van der Waals surface area contributed by atoms with Crippen molar-refractivity contribution in [3.8, 4) is 0 Å². The van der Waals surface area contributed by atoms with Crippen molar-refractivity contribution in [2.24, 2.45) is 0 Å². The summed E-state index contributed by atoms with van der Waals surface area (Å²) >= 11 is 0. The minimum Gasteiger partial charge on any atom is -0.383 e. The van der Waals surface area contributed by atoms with Crippen molar-refractivity contribution < 1.29 is 4.74 Å². The van der Waals surface area contributed by atoms with Crippen molar-refractivity contribution in [3.05, 3.63) is 23.9 Å². The van der Waals surface area contributed by atoms with Crippen LogP contribution in [-0.2, 0) is 11.3 Å². The van der Waals surface area contributed by atoms with Crippen molar-refractivity contribution in [1.82, 2.24) is 9.88 Å². The molecular formula is C14H25N3O. The van der Waals surface area contributed by atoms with Gasteiger partial charge in [0.2, 0.25) is 0 Å². The highest BCUT2D eigenvalue weighted by molar-refractivity contribution is 5.34. The van der Waals surface area contributed by atoms with Gasteiger partial charge in [0, 0.05) is 26.2 Å². The van der Waals surface area contributed by atoms with E-state index in [4.69, 9.17) is 4.74 Å². The third-order valence-electron chi connectivity index (χ3n) is 2.97. The van der Waals surface area contributed by atoms with Crippen LogP contribution in [0, 0.1) is 0 Å². The van der Waals surface area contributed by atoms with E-state index >= 15 is 0 Å². The zero-order valence-electron chi connectivity index (χ0n) is 11.9. The molecule has 0 spiro atoms. The molecule has 0 amide bonds. The minimum atomic E-state index is 0.407. The molecule has 1 rings (SSSR count). The first-order valence-electron chi connectivity index (χ1n) is 6.64. The molecule has 0 aliphatic carbocycles. The summed E-state index contributed by atoms with van der Waals surface area (Å²) in [6.45, 7) is 9.93. The molecule has 1 aromatic rings. The Hall–Kier alpha value is -1.13. The fraction of sp³-hybridized carbons (Fsp3) is 0.643. The van der Waals surface area contributed by atoms with Crippen LogP contribution in [0.1, 0.15) is 26.5 Å². The molecule has 0 aliphatic rings. The van der Waals surface area contributed by atoms with Gasteiger partial charge in [0.25, 0.3) is 0 Å². The molecule has 0 saturated heterocycles. The van der Waals surface area contributed by atoms with Crippen molar-refractivity contribution in [3.63, 3.8) is 0 Å². The third kappa shape index (κ3) is 4.63. The first-order valence-corrected chi connectivity index (χ1v) is 6.64. The number of ether oxygens (including phenoxy) is 1. The van der Waals surface area contributed by atoms with Crippen molar-refractivity contribution in [2.75, 3.05) is 32.1 Å². The van der Waals surface area contributed by atoms with Crippen molar-refractivity contribution >= 4 is 5.82 Å². The van der Waals surface area contributed by atoms with Crippen LogP contribution in [0.2, 0.25) is 0 Å². The summed E-state index contributed by atoms with van der Waals surface area (Å²) in [4.78, 5) is 6.96. The van der Waals surface area contributed by atoms with Gasteiger partial charge in [-0.2, -0.15) is 0 Å². The van der Waals surface area contributed by atoms with E-state index in [1.165, 1.54) is 0 Å². The van der Waals surface area contributed by atoms with Crippen LogP contribution in [0.4, 0.5) is 5.82 Å². The fourth-order valence-corrected chi connectivity index (χ4v) is 1.98. The quantitative estimate of drug-likeness (QED) is 0.769. The second kappa shape index (κ2) is 8.06. The van der Waals surface area contributed by atoms with Crippen LogP contribution in [0.25, 0.3) is 0 Å². The lowest BCUT2D eigenvalue weighted by molar-refractivity contribution is 0.0974. The molecule has 0 radical (unpaired) electrons. The SMILES string of the molecule is CCNc1cccc(CN(CC)C(C)COC)n1. The monoisotopic (exact) mass is 251 g/mol. The Morgan fingerprint density at radius 2 is 2.17 bits per heavy atom. The number of rotatable bonds is 8. The summed E-state index contributed by atoms with van der Waals surface area (Å²) < 4.78 is 5.21. The van der Waals surface area contributed by atoms with Gasteiger partial charge < -0.3 is 10.1 Å². The third-order valence-corrected chi connectivity index (χ3v) is 2.97. The number of aromatic nitrogens is 1. The van der Waals surface area contributed by atoms with E-state index in [-0.39, 0.29) is 0 Å². The minimum absolute atomic E-state index is 0.407. The maximum Gasteiger partial charge on any atom is 0.126 e. The molecule has 102 valence electrons. The van der Waals surface area contributed by atoms with Gasteiger partial charge in [-0.15, -0.1) is 0 Å². The number of nitrogens with one attached hydrogen (secondary N) is 1. The van der Waals surface area contributed by atoms with Gasteiger partial charge in [-0.25, -0.2) is 4.98 Å². The lowest BCUT2D eigenvalue weighted by Crippen LogP contribution is -2.35. The molecule has 1 heterocycles. The lowest BCUT2D eigenvalue weighted by atomic mass is 10.2. The number of hydrogen-bond donors (Lipinski definition) is 1. The van der Waals surface area contributed by atoms with Gasteiger partial charge in [0.15, 0.2) is 0 Å². The first kappa shape index (κ1) is 14.9. The van der Waals surface area contributed by atoms with Gasteiger partial charge >= 0.3 is 0 Å². The summed E-state index contributed by atoms with van der Waals surface area (Å²) in [7, 11) is 1.74. The predicted octanol–water partition coefficient (Wildman–Crippen LogP) is 2.37. The molecule has 4 heteroatoms. The van der Waals surface area contributed by atoms with E-state index in [1.54, 1.807) is 7.11 Å². The molecule has 0 bridgehead atoms. The average Bonchev–Trinajstić information content (AvgIpc) is 2.37. The van der Waals surface area contributed by atoms with Gasteiger partial charge in [-0.1, -0.05) is 13.0 Å². The van der Waals surface area contributed by atoms with Crippen LogP contribution in [0.15, 0.2) is 18.2 Å². The van der Waals surface area contributed by atoms with E-state index in [2.05, 4.69) is 48.1 Å². The molecule has 1 N–H and O–H groups in total. The number of hydrogen-bond acceptors (Lipinski definition) is 4. The topological polar surface area (TPSA) is 37.4 Å². The maximum absolute atomic E-state index is 5.21. The Kier molecular flexibility index (Phi) is 6.68. The summed E-state index contributed by atoms with van der Waals surface area (Å²) in [6.07, 6.45) is 0. The highest BCUT2D eigenvalue weighted by Gasteiger charge is 2.12. The van der Waals surface area contributed by atoms with Gasteiger partial charge in [-0.3, -0.25) is 4.90 Å². The van der Waals surface area contributed by atoms with Crippen LogP contribution in [0.5, 0.6) is 0 Å². The summed E-state index contributed by atoms with van der Waals surface area (Å²) in [5.74, 6) is 0.949. The van der Waals surface area contributed by atoms with E-state index in [1.807, 2.05) is 6.07 Å². The van der Waals surface area contributed by atoms with Crippen molar-refractivity contribution in [2.45, 2.75) is 33.4 Å². The van der Waals surface area contributed by atoms with E-state index in [0.29, 0.717) is 6.04 Å². The largest absolute Gasteiger partial charge is 0.383 e. The molecule has 0 saturated carbocycles. The zero-order valence-corrected chi connectivity index (χ0v) is 11.9. The van der Waals surface area contributed by atoms with E-state index in [0.717, 1.165) is 37.8 Å². The molecule has 1 aromatic heterocycles. The summed E-state index contributed by atoms with van der Waals surface area (Å²) in [6, 6.07) is 6.53. The zero-order chi connectivity index (χ0) is 13.4. The summed E-state index contributed by atoms with van der Waals surface area (Å²) in [5, 5.41) is 3.24. The molecule has 0 aromatic carbocycles. The molecule has 1 unspecified atom stereocenters. The number of anilines is 1. The Morgan fingerprint density at radius 1 is 1.39 bits per heavy atom. The fourth-order valence-electron chi connectivity index (χ4n) is 1.98. The Morgan fingerprint density at radius 3 is 2.78 bits per heavy atom. The predicted molar refractivity (Wildman–Crippen MR) is 75.8 cm³/mol. The number of likely N-dealkylation sites (N-methyl/N-ethyl adjacent to an activating group) is 1. The first-order chi connectivity index (χ1) is 8.71. The lowest BCUT2D eigenvalue weighted by Gasteiger charge is -2.26. The summed E-state index contributed by atoms with van der Waals surface area (Å²) in [5.41, 5.74) is 1.10. The van der Waals surface area contributed by atoms with E-state index in [9.17, 15) is 0 Å². The molecule has 4 nitrogen and oxygen atoms in total. The normalized spacial score (nSPS) is 12.7. The Labute approximate surface area is 110 Å².